The van der Waals surface area contributed by atoms with Crippen LogP contribution < -0.4 is 10.6 Å². The van der Waals surface area contributed by atoms with Crippen LogP contribution in [0.1, 0.15) is 31.4 Å². The maximum absolute atomic E-state index is 14.9. The molecule has 1 saturated carbocycles. The number of piperazine rings is 1. The van der Waals surface area contributed by atoms with Gasteiger partial charge in [-0.25, -0.2) is 23.7 Å². The highest BCUT2D eigenvalue weighted by Gasteiger charge is 2.33. The van der Waals surface area contributed by atoms with Gasteiger partial charge in [0.15, 0.2) is 11.5 Å². The quantitative estimate of drug-likeness (QED) is 0.365. The standard InChI is InChI=1S/C28H25ClFN7O3/c1-3-21(39)35-11-12-36(15(2)14-35)25-17-13-18(29)24(22-19(30)5-4-6-20(22)38)33-26(17)37(28(40)34-25)27-23(16-7-8-16)31-9-10-32-27/h3-6,9-10,13,15-16,38H,1,7-8,11-12,14H2,2H3/t15-/m0/s1. The highest BCUT2D eigenvalue weighted by molar-refractivity contribution is 6.34. The molecule has 1 aromatic carbocycles. The summed E-state index contributed by atoms with van der Waals surface area (Å²) in [7, 11) is 0. The number of amides is 1. The molecule has 10 nitrogen and oxygen atoms in total. The zero-order valence-electron chi connectivity index (χ0n) is 21.6. The summed E-state index contributed by atoms with van der Waals surface area (Å²) in [4.78, 5) is 47.7. The van der Waals surface area contributed by atoms with E-state index in [1.54, 1.807) is 17.2 Å². The lowest BCUT2D eigenvalue weighted by Gasteiger charge is -2.40. The van der Waals surface area contributed by atoms with Crippen LogP contribution in [0.25, 0.3) is 28.1 Å². The largest absolute Gasteiger partial charge is 0.507 e. The van der Waals surface area contributed by atoms with Gasteiger partial charge in [0, 0.05) is 44.0 Å². The number of nitrogens with zero attached hydrogens (tertiary/aromatic N) is 7. The molecule has 1 aliphatic heterocycles. The van der Waals surface area contributed by atoms with Gasteiger partial charge in [0.1, 0.15) is 17.4 Å². The van der Waals surface area contributed by atoms with Crippen molar-refractivity contribution in [3.8, 4) is 22.8 Å². The summed E-state index contributed by atoms with van der Waals surface area (Å²) in [5, 5.41) is 11.0. The minimum Gasteiger partial charge on any atom is -0.507 e. The number of benzene rings is 1. The molecule has 0 spiro atoms. The number of carbonyl (C=O) groups excluding carboxylic acids is 1. The Morgan fingerprint density at radius 3 is 2.65 bits per heavy atom. The Balaban J connectivity index is 1.61. The SMILES string of the molecule is C=CC(=O)N1CCN(c2nc(=O)n(-c3nccnc3C3CC3)c3nc(-c4c(O)cccc4F)c(Cl)cc23)[C@@H](C)C1. The summed E-state index contributed by atoms with van der Waals surface area (Å²) < 4.78 is 16.2. The molecule has 4 aromatic rings. The first-order valence-electron chi connectivity index (χ1n) is 12.9. The highest BCUT2D eigenvalue weighted by atomic mass is 35.5. The van der Waals surface area contributed by atoms with Crippen molar-refractivity contribution in [2.24, 2.45) is 0 Å². The van der Waals surface area contributed by atoms with Crippen LogP contribution in [0.3, 0.4) is 0 Å². The molecule has 0 bridgehead atoms. The van der Waals surface area contributed by atoms with Gasteiger partial charge in [-0.2, -0.15) is 4.98 Å². The Bertz CT molecular complexity index is 1720. The first-order valence-corrected chi connectivity index (χ1v) is 13.3. The van der Waals surface area contributed by atoms with Crippen LogP contribution in [-0.4, -0.2) is 66.1 Å². The monoisotopic (exact) mass is 561 g/mol. The topological polar surface area (TPSA) is 117 Å². The van der Waals surface area contributed by atoms with Crippen molar-refractivity contribution in [3.05, 3.63) is 76.3 Å². The van der Waals surface area contributed by atoms with Crippen LogP contribution >= 0.6 is 11.6 Å². The summed E-state index contributed by atoms with van der Waals surface area (Å²) in [6.07, 6.45) is 6.18. The number of phenols is 1. The zero-order valence-corrected chi connectivity index (χ0v) is 22.3. The van der Waals surface area contributed by atoms with E-state index >= 15 is 0 Å². The van der Waals surface area contributed by atoms with E-state index in [2.05, 4.69) is 26.5 Å². The van der Waals surface area contributed by atoms with E-state index in [9.17, 15) is 19.1 Å². The molecule has 12 heteroatoms. The Hall–Kier alpha value is -4.38. The van der Waals surface area contributed by atoms with Crippen molar-refractivity contribution in [2.45, 2.75) is 31.7 Å². The summed E-state index contributed by atoms with van der Waals surface area (Å²) in [5.74, 6) is -0.437. The number of aromatic nitrogens is 5. The fourth-order valence-corrected chi connectivity index (χ4v) is 5.44. The van der Waals surface area contributed by atoms with Gasteiger partial charge < -0.3 is 14.9 Å². The summed E-state index contributed by atoms with van der Waals surface area (Å²) >= 11 is 6.68. The van der Waals surface area contributed by atoms with E-state index in [1.807, 2.05) is 11.8 Å². The molecule has 3 aromatic heterocycles. The van der Waals surface area contributed by atoms with E-state index < -0.39 is 11.5 Å². The number of anilines is 1. The van der Waals surface area contributed by atoms with Crippen molar-refractivity contribution in [3.63, 3.8) is 0 Å². The van der Waals surface area contributed by atoms with Crippen molar-refractivity contribution in [2.75, 3.05) is 24.5 Å². The number of phenolic OH excluding ortho intramolecular Hbond substituents is 1. The number of pyridine rings is 1. The second kappa shape index (κ2) is 9.98. The molecule has 2 aliphatic rings. The van der Waals surface area contributed by atoms with Gasteiger partial charge in [-0.3, -0.25) is 9.78 Å². The third kappa shape index (κ3) is 4.36. The summed E-state index contributed by atoms with van der Waals surface area (Å²) in [6.45, 7) is 6.70. The Labute approximate surface area is 233 Å². The van der Waals surface area contributed by atoms with Crippen molar-refractivity contribution >= 4 is 34.4 Å². The van der Waals surface area contributed by atoms with Crippen LogP contribution in [-0.2, 0) is 4.79 Å². The fraction of sp³-hybridized carbons (Fsp3) is 0.286. The van der Waals surface area contributed by atoms with Gasteiger partial charge in [-0.1, -0.05) is 24.2 Å². The van der Waals surface area contributed by atoms with Crippen molar-refractivity contribution in [1.82, 2.24) is 29.4 Å². The van der Waals surface area contributed by atoms with Crippen LogP contribution in [0.2, 0.25) is 5.02 Å². The van der Waals surface area contributed by atoms with Gasteiger partial charge in [-0.15, -0.1) is 0 Å². The highest BCUT2D eigenvalue weighted by Crippen LogP contribution is 2.42. The third-order valence-electron chi connectivity index (χ3n) is 7.30. The van der Waals surface area contributed by atoms with Crippen LogP contribution in [0.4, 0.5) is 10.2 Å². The van der Waals surface area contributed by atoms with Crippen LogP contribution in [0.5, 0.6) is 5.75 Å². The van der Waals surface area contributed by atoms with E-state index in [1.165, 1.54) is 35.0 Å². The fourth-order valence-electron chi connectivity index (χ4n) is 5.20. The second-order valence-electron chi connectivity index (χ2n) is 9.95. The molecular weight excluding hydrogens is 537 g/mol. The molecule has 2 fully saturated rings. The van der Waals surface area contributed by atoms with E-state index in [4.69, 9.17) is 11.6 Å². The zero-order chi connectivity index (χ0) is 28.1. The van der Waals surface area contributed by atoms with E-state index in [-0.39, 0.29) is 45.5 Å². The molecule has 4 heterocycles. The molecule has 204 valence electrons. The number of aromatic hydroxyl groups is 1. The summed E-state index contributed by atoms with van der Waals surface area (Å²) in [6, 6.07) is 5.29. The molecule has 1 amide bonds. The predicted molar refractivity (Wildman–Crippen MR) is 148 cm³/mol. The van der Waals surface area contributed by atoms with Crippen molar-refractivity contribution in [1.29, 1.82) is 0 Å². The Morgan fingerprint density at radius 1 is 1.18 bits per heavy atom. The van der Waals surface area contributed by atoms with E-state index in [0.29, 0.717) is 42.4 Å². The maximum Gasteiger partial charge on any atom is 0.357 e. The normalized spacial score (nSPS) is 17.3. The molecule has 0 unspecified atom stereocenters. The lowest BCUT2D eigenvalue weighted by Crippen LogP contribution is -2.54. The Kier molecular flexibility index (Phi) is 6.46. The molecular formula is C28H25ClFN7O3. The second-order valence-corrected chi connectivity index (χ2v) is 10.4. The number of halogens is 2. The maximum atomic E-state index is 14.9. The number of carbonyl (C=O) groups is 1. The molecule has 40 heavy (non-hydrogen) atoms. The van der Waals surface area contributed by atoms with Gasteiger partial charge >= 0.3 is 5.69 Å². The third-order valence-corrected chi connectivity index (χ3v) is 7.59. The number of hydrogen-bond acceptors (Lipinski definition) is 8. The predicted octanol–water partition coefficient (Wildman–Crippen LogP) is 3.84. The summed E-state index contributed by atoms with van der Waals surface area (Å²) in [5.41, 5.74) is -0.0477. The van der Waals surface area contributed by atoms with Crippen LogP contribution in [0.15, 0.2) is 54.1 Å². The first-order chi connectivity index (χ1) is 19.3. The van der Waals surface area contributed by atoms with Gasteiger partial charge in [0.25, 0.3) is 0 Å². The molecule has 1 saturated heterocycles. The van der Waals surface area contributed by atoms with Crippen LogP contribution in [0, 0.1) is 5.82 Å². The Morgan fingerprint density at radius 2 is 1.95 bits per heavy atom. The number of fused-ring (bicyclic) bond motifs is 1. The molecule has 1 atom stereocenters. The molecule has 1 N–H and O–H groups in total. The molecule has 0 radical (unpaired) electrons. The average molecular weight is 562 g/mol. The van der Waals surface area contributed by atoms with Gasteiger partial charge in [0.2, 0.25) is 5.91 Å². The molecule has 1 aliphatic carbocycles. The van der Waals surface area contributed by atoms with Gasteiger partial charge in [0.05, 0.1) is 27.4 Å². The smallest absolute Gasteiger partial charge is 0.357 e. The average Bonchev–Trinajstić information content (AvgIpc) is 3.78. The minimum atomic E-state index is -0.716. The minimum absolute atomic E-state index is 0.0265. The molecule has 6 rings (SSSR count). The lowest BCUT2D eigenvalue weighted by atomic mass is 10.1. The van der Waals surface area contributed by atoms with Gasteiger partial charge in [-0.05, 0) is 44.0 Å². The van der Waals surface area contributed by atoms with E-state index in [0.717, 1.165) is 12.8 Å². The van der Waals surface area contributed by atoms with Crippen molar-refractivity contribution < 1.29 is 14.3 Å². The number of rotatable bonds is 5. The lowest BCUT2D eigenvalue weighted by molar-refractivity contribution is -0.126. The number of hydrogen-bond donors (Lipinski definition) is 1. The first kappa shape index (κ1) is 25.9.